The van der Waals surface area contributed by atoms with Crippen LogP contribution in [0.25, 0.3) is 20.9 Å². The van der Waals surface area contributed by atoms with E-state index >= 15 is 0 Å². The Hall–Kier alpha value is -1.57. The number of hydrogen-bond acceptors (Lipinski definition) is 1. The average Bonchev–Trinajstić information content (AvgIpc) is 2.66. The quantitative estimate of drug-likeness (QED) is 0.493. The van der Waals surface area contributed by atoms with Crippen molar-refractivity contribution >= 4 is 24.4 Å². The number of benzene rings is 2. The Bertz CT molecular complexity index is 631. The molecule has 1 heterocycles. The van der Waals surface area contributed by atoms with Gasteiger partial charge in [-0.1, -0.05) is 0 Å². The van der Waals surface area contributed by atoms with E-state index in [1.807, 2.05) is 54.6 Å². The molecule has 0 aliphatic heterocycles. The average molecular weight is 274 g/mol. The van der Waals surface area contributed by atoms with Crippen molar-refractivity contribution in [3.05, 3.63) is 59.8 Å². The molecule has 1 aromatic heterocycles. The maximum atomic E-state index is 11.9. The molecule has 2 aromatic carbocycles. The molecule has 0 spiro atoms. The summed E-state index contributed by atoms with van der Waals surface area (Å²) in [6.07, 6.45) is 0. The van der Waals surface area contributed by atoms with Crippen molar-refractivity contribution in [2.75, 3.05) is 0 Å². The van der Waals surface area contributed by atoms with Gasteiger partial charge in [-0.05, 0) is 0 Å². The standard InChI is InChI=1S/C13H9NOSe/c15-14-13(10-6-2-1-3-7-10)11-8-4-5-9-12(11)16-14/h1-9H. The summed E-state index contributed by atoms with van der Waals surface area (Å²) in [6.45, 7) is 0. The van der Waals surface area contributed by atoms with E-state index in [9.17, 15) is 5.21 Å². The van der Waals surface area contributed by atoms with Gasteiger partial charge in [0.05, 0.1) is 0 Å². The number of rotatable bonds is 1. The Morgan fingerprint density at radius 1 is 0.875 bits per heavy atom. The molecule has 0 amide bonds. The van der Waals surface area contributed by atoms with Crippen LogP contribution in [0.15, 0.2) is 54.6 Å². The van der Waals surface area contributed by atoms with Crippen LogP contribution in [0.3, 0.4) is 0 Å². The number of fused-ring (bicyclic) bond motifs is 1. The second-order valence-electron chi connectivity index (χ2n) is 3.56. The van der Waals surface area contributed by atoms with Gasteiger partial charge in [0.15, 0.2) is 0 Å². The van der Waals surface area contributed by atoms with Gasteiger partial charge in [-0.25, -0.2) is 0 Å². The van der Waals surface area contributed by atoms with Crippen molar-refractivity contribution in [2.45, 2.75) is 0 Å². The number of hydrogen-bond donors (Lipinski definition) is 0. The number of aromatic nitrogens is 1. The Labute approximate surface area is 99.3 Å². The fraction of sp³-hybridized carbons (Fsp3) is 0. The summed E-state index contributed by atoms with van der Waals surface area (Å²) in [4.78, 5) is 0. The monoisotopic (exact) mass is 275 g/mol. The predicted molar refractivity (Wildman–Crippen MR) is 65.3 cm³/mol. The van der Waals surface area contributed by atoms with Crippen LogP contribution >= 0.6 is 0 Å². The molecule has 0 bridgehead atoms. The SMILES string of the molecule is [O-][n+]1[se]c2ccccc2c1-c1ccccc1. The van der Waals surface area contributed by atoms with Crippen molar-refractivity contribution in [3.8, 4) is 11.3 Å². The minimum absolute atomic E-state index is 0.123. The van der Waals surface area contributed by atoms with Crippen molar-refractivity contribution < 1.29 is 3.73 Å². The Morgan fingerprint density at radius 3 is 2.38 bits per heavy atom. The molecule has 0 aliphatic rings. The normalized spacial score (nSPS) is 10.8. The van der Waals surface area contributed by atoms with Gasteiger partial charge >= 0.3 is 99.2 Å². The molecule has 0 saturated carbocycles. The molecule has 78 valence electrons. The summed E-state index contributed by atoms with van der Waals surface area (Å²) in [5, 5.41) is 13.0. The Balaban J connectivity index is 2.35. The summed E-state index contributed by atoms with van der Waals surface area (Å²) in [5.74, 6) is 0. The molecule has 3 heteroatoms. The summed E-state index contributed by atoms with van der Waals surface area (Å²) in [6, 6.07) is 17.9. The Morgan fingerprint density at radius 2 is 1.56 bits per heavy atom. The molecular formula is C13H9NOSe. The molecule has 0 N–H and O–H groups in total. The van der Waals surface area contributed by atoms with Crippen molar-refractivity contribution in [3.63, 3.8) is 0 Å². The van der Waals surface area contributed by atoms with Gasteiger partial charge in [-0.2, -0.15) is 0 Å². The van der Waals surface area contributed by atoms with E-state index in [1.54, 1.807) is 0 Å². The second kappa shape index (κ2) is 3.78. The van der Waals surface area contributed by atoms with E-state index in [4.69, 9.17) is 0 Å². The molecule has 0 aliphatic carbocycles. The summed E-state index contributed by atoms with van der Waals surface area (Å²) < 4.78 is 2.30. The van der Waals surface area contributed by atoms with Gasteiger partial charge in [-0.3, -0.25) is 0 Å². The number of nitrogens with zero attached hydrogens (tertiary/aromatic N) is 1. The van der Waals surface area contributed by atoms with E-state index in [0.29, 0.717) is 0 Å². The topological polar surface area (TPSA) is 26.9 Å². The van der Waals surface area contributed by atoms with Crippen LogP contribution in [0.2, 0.25) is 0 Å². The van der Waals surface area contributed by atoms with E-state index in [0.717, 1.165) is 20.4 Å². The third-order valence-corrected chi connectivity index (χ3v) is 4.44. The molecule has 0 radical (unpaired) electrons. The fourth-order valence-electron chi connectivity index (χ4n) is 1.83. The van der Waals surface area contributed by atoms with Gasteiger partial charge in [0, 0.05) is 0 Å². The van der Waals surface area contributed by atoms with Crippen molar-refractivity contribution in [1.29, 1.82) is 0 Å². The molecule has 3 aromatic rings. The zero-order valence-electron chi connectivity index (χ0n) is 8.46. The van der Waals surface area contributed by atoms with Crippen LogP contribution in [0.1, 0.15) is 0 Å². The summed E-state index contributed by atoms with van der Waals surface area (Å²) in [7, 11) is 0. The van der Waals surface area contributed by atoms with Crippen LogP contribution in [-0.4, -0.2) is 14.7 Å². The van der Waals surface area contributed by atoms with Crippen molar-refractivity contribution in [2.24, 2.45) is 0 Å². The van der Waals surface area contributed by atoms with Crippen LogP contribution in [0, 0.1) is 5.21 Å². The first-order valence-electron chi connectivity index (χ1n) is 5.03. The summed E-state index contributed by atoms with van der Waals surface area (Å²) in [5.41, 5.74) is 1.82. The molecule has 2 nitrogen and oxygen atoms in total. The van der Waals surface area contributed by atoms with Crippen molar-refractivity contribution in [1.82, 2.24) is 0 Å². The molecular weight excluding hydrogens is 265 g/mol. The maximum absolute atomic E-state index is 11.9. The third-order valence-electron chi connectivity index (χ3n) is 2.55. The fourth-order valence-corrected chi connectivity index (χ4v) is 3.67. The molecule has 0 unspecified atom stereocenters. The predicted octanol–water partition coefficient (Wildman–Crippen LogP) is 2.20. The molecule has 16 heavy (non-hydrogen) atoms. The van der Waals surface area contributed by atoms with Crippen LogP contribution < -0.4 is 3.73 Å². The first-order valence-corrected chi connectivity index (χ1v) is 6.65. The molecule has 0 fully saturated rings. The summed E-state index contributed by atoms with van der Waals surface area (Å²) >= 11 is -0.123. The van der Waals surface area contributed by atoms with Crippen LogP contribution in [0.4, 0.5) is 0 Å². The van der Waals surface area contributed by atoms with Gasteiger partial charge in [0.25, 0.3) is 0 Å². The van der Waals surface area contributed by atoms with Gasteiger partial charge in [0.1, 0.15) is 0 Å². The first kappa shape index (κ1) is 9.64. The first-order chi connectivity index (χ1) is 7.86. The second-order valence-corrected chi connectivity index (χ2v) is 5.56. The van der Waals surface area contributed by atoms with E-state index in [-0.39, 0.29) is 14.7 Å². The van der Waals surface area contributed by atoms with Crippen LogP contribution in [0.5, 0.6) is 0 Å². The van der Waals surface area contributed by atoms with Gasteiger partial charge in [0.2, 0.25) is 0 Å². The van der Waals surface area contributed by atoms with E-state index < -0.39 is 0 Å². The third kappa shape index (κ3) is 1.45. The van der Waals surface area contributed by atoms with E-state index in [1.165, 1.54) is 4.26 Å². The molecule has 0 atom stereocenters. The van der Waals surface area contributed by atoms with E-state index in [2.05, 4.69) is 0 Å². The zero-order valence-corrected chi connectivity index (χ0v) is 10.2. The van der Waals surface area contributed by atoms with Crippen LogP contribution in [-0.2, 0) is 0 Å². The Kier molecular flexibility index (Phi) is 2.28. The molecule has 3 rings (SSSR count). The zero-order chi connectivity index (χ0) is 11.0. The van der Waals surface area contributed by atoms with Gasteiger partial charge in [-0.15, -0.1) is 0 Å². The minimum atomic E-state index is -0.123. The molecule has 0 saturated heterocycles. The van der Waals surface area contributed by atoms with Gasteiger partial charge < -0.3 is 0 Å².